The van der Waals surface area contributed by atoms with Crippen LogP contribution in [0.2, 0.25) is 0 Å². The number of hydrogen-bond donors (Lipinski definition) is 1. The van der Waals surface area contributed by atoms with E-state index >= 15 is 0 Å². The van der Waals surface area contributed by atoms with Gasteiger partial charge in [-0.05, 0) is 45.6 Å². The predicted molar refractivity (Wildman–Crippen MR) is 121 cm³/mol. The van der Waals surface area contributed by atoms with Crippen LogP contribution in [0.15, 0.2) is 47.6 Å². The summed E-state index contributed by atoms with van der Waals surface area (Å²) in [6.07, 6.45) is -0.377. The lowest BCUT2D eigenvalue weighted by atomic mass is 9.80. The van der Waals surface area contributed by atoms with Gasteiger partial charge < -0.3 is 24.1 Å². The van der Waals surface area contributed by atoms with Crippen molar-refractivity contribution in [3.05, 3.63) is 47.6 Å². The predicted octanol–water partition coefficient (Wildman–Crippen LogP) is 2.96. The Morgan fingerprint density at radius 3 is 2.61 bits per heavy atom. The van der Waals surface area contributed by atoms with Crippen molar-refractivity contribution in [1.82, 2.24) is 0 Å². The molecule has 1 heterocycles. The topological polar surface area (TPSA) is 108 Å². The lowest BCUT2D eigenvalue weighted by Crippen LogP contribution is -2.49. The summed E-state index contributed by atoms with van der Waals surface area (Å²) in [5.41, 5.74) is 0.924. The number of carbonyl (C=O) groups excluding carboxylic acids is 3. The number of allylic oxidation sites excluding steroid dienone is 2. The average Bonchev–Trinajstić information content (AvgIpc) is 3.10. The first kappa shape index (κ1) is 26.5. The summed E-state index contributed by atoms with van der Waals surface area (Å²) in [7, 11) is 1.25. The fourth-order valence-corrected chi connectivity index (χ4v) is 3.81. The van der Waals surface area contributed by atoms with Crippen LogP contribution in [0, 0.1) is 5.92 Å². The molecular formula is C25H34O8. The number of hydrogen-bond acceptors (Lipinski definition) is 8. The highest BCUT2D eigenvalue weighted by Crippen LogP contribution is 2.40. The molecule has 2 rings (SSSR count). The Labute approximate surface area is 194 Å². The Kier molecular flexibility index (Phi) is 9.19. The van der Waals surface area contributed by atoms with E-state index in [0.717, 1.165) is 0 Å². The standard InChI is InChI=1S/C25H34O8/c1-8-13(3)23(27)33-22-18-16(6)24(28)32-21(18)19(26)14(4)11-10-12-17(25(29)30-7)20(22)31-15(5)9-2/h8,12,15,18-22,26H,4,6,9-11H2,1-3,5,7H3/b13-8-,17-12+/t15-,18-,19-,20-,21-,22-/m0/s1. The van der Waals surface area contributed by atoms with Crippen molar-refractivity contribution >= 4 is 17.9 Å². The first-order valence-electron chi connectivity index (χ1n) is 11.1. The maximum atomic E-state index is 12.8. The van der Waals surface area contributed by atoms with Crippen molar-refractivity contribution in [2.75, 3.05) is 7.11 Å². The second-order valence-corrected chi connectivity index (χ2v) is 8.33. The summed E-state index contributed by atoms with van der Waals surface area (Å²) in [5.74, 6) is -2.99. The van der Waals surface area contributed by atoms with Crippen LogP contribution in [0.3, 0.4) is 0 Å². The highest BCUT2D eigenvalue weighted by atomic mass is 16.6. The van der Waals surface area contributed by atoms with Gasteiger partial charge in [-0.25, -0.2) is 14.4 Å². The molecule has 8 nitrogen and oxygen atoms in total. The number of rotatable bonds is 6. The zero-order chi connectivity index (χ0) is 24.9. The number of carbonyl (C=O) groups is 3. The van der Waals surface area contributed by atoms with E-state index in [9.17, 15) is 19.5 Å². The highest BCUT2D eigenvalue weighted by Gasteiger charge is 2.53. The highest BCUT2D eigenvalue weighted by molar-refractivity contribution is 5.93. The Bertz CT molecular complexity index is 868. The van der Waals surface area contributed by atoms with Crippen molar-refractivity contribution in [1.29, 1.82) is 0 Å². The zero-order valence-corrected chi connectivity index (χ0v) is 20.0. The van der Waals surface area contributed by atoms with Gasteiger partial charge >= 0.3 is 17.9 Å². The van der Waals surface area contributed by atoms with Crippen molar-refractivity contribution in [2.45, 2.75) is 77.5 Å². The fraction of sp³-hybridized carbons (Fsp3) is 0.560. The minimum atomic E-state index is -1.21. The molecule has 0 aromatic carbocycles. The molecule has 0 spiro atoms. The molecule has 1 fully saturated rings. The van der Waals surface area contributed by atoms with Crippen LogP contribution in [-0.2, 0) is 33.3 Å². The molecule has 0 saturated carbocycles. The third-order valence-corrected chi connectivity index (χ3v) is 6.15. The molecule has 0 amide bonds. The number of methoxy groups -OCH3 is 1. The zero-order valence-electron chi connectivity index (χ0n) is 20.0. The van der Waals surface area contributed by atoms with Crippen LogP contribution >= 0.6 is 0 Å². The Hall–Kier alpha value is -2.71. The third-order valence-electron chi connectivity index (χ3n) is 6.15. The first-order chi connectivity index (χ1) is 15.6. The number of aliphatic hydroxyl groups is 1. The van der Waals surface area contributed by atoms with E-state index < -0.39 is 48.2 Å². The maximum Gasteiger partial charge on any atom is 0.336 e. The Morgan fingerprint density at radius 1 is 1.36 bits per heavy atom. The summed E-state index contributed by atoms with van der Waals surface area (Å²) in [5, 5.41) is 10.9. The smallest absolute Gasteiger partial charge is 0.336 e. The second kappa shape index (κ2) is 11.4. The molecule has 0 bridgehead atoms. The fourth-order valence-electron chi connectivity index (χ4n) is 3.81. The van der Waals surface area contributed by atoms with Gasteiger partial charge in [0.2, 0.25) is 0 Å². The van der Waals surface area contributed by atoms with Gasteiger partial charge in [-0.3, -0.25) is 0 Å². The van der Waals surface area contributed by atoms with E-state index in [1.165, 1.54) is 7.11 Å². The minimum absolute atomic E-state index is 0.0188. The maximum absolute atomic E-state index is 12.8. The molecule has 6 atom stereocenters. The average molecular weight is 463 g/mol. The van der Waals surface area contributed by atoms with Gasteiger partial charge in [0.15, 0.2) is 0 Å². The number of ether oxygens (including phenoxy) is 4. The summed E-state index contributed by atoms with van der Waals surface area (Å²) in [6.45, 7) is 14.8. The molecule has 1 aliphatic carbocycles. The van der Waals surface area contributed by atoms with Crippen LogP contribution in [-0.4, -0.2) is 60.6 Å². The molecule has 0 aromatic heterocycles. The van der Waals surface area contributed by atoms with E-state index in [-0.39, 0.29) is 17.3 Å². The molecular weight excluding hydrogens is 428 g/mol. The lowest BCUT2D eigenvalue weighted by Gasteiger charge is -2.37. The molecule has 182 valence electrons. The number of esters is 3. The second-order valence-electron chi connectivity index (χ2n) is 8.33. The largest absolute Gasteiger partial charge is 0.466 e. The first-order valence-corrected chi connectivity index (χ1v) is 11.1. The van der Waals surface area contributed by atoms with E-state index in [0.29, 0.717) is 30.4 Å². The van der Waals surface area contributed by atoms with Gasteiger partial charge in [0.25, 0.3) is 0 Å². The number of aliphatic hydroxyl groups excluding tert-OH is 1. The SMILES string of the molecule is C=C1C(=O)O[C@H]2[C@H]1[C@H](OC(=O)/C(C)=C\C)[C@@H](O[C@@H](C)CC)/C(C(=O)OC)=C\CCC(=C)[C@@H]2O. The molecule has 0 radical (unpaired) electrons. The van der Waals surface area contributed by atoms with Crippen LogP contribution in [0.5, 0.6) is 0 Å². The van der Waals surface area contributed by atoms with Gasteiger partial charge in [-0.2, -0.15) is 0 Å². The summed E-state index contributed by atoms with van der Waals surface area (Å²) < 4.78 is 22.5. The monoisotopic (exact) mass is 462 g/mol. The van der Waals surface area contributed by atoms with Gasteiger partial charge in [-0.15, -0.1) is 0 Å². The van der Waals surface area contributed by atoms with E-state index in [2.05, 4.69) is 13.2 Å². The van der Waals surface area contributed by atoms with Crippen LogP contribution < -0.4 is 0 Å². The molecule has 0 aromatic rings. The van der Waals surface area contributed by atoms with Gasteiger partial charge in [-0.1, -0.05) is 32.2 Å². The molecule has 33 heavy (non-hydrogen) atoms. The quantitative estimate of drug-likeness (QED) is 0.278. The molecule has 0 unspecified atom stereocenters. The lowest BCUT2D eigenvalue weighted by molar-refractivity contribution is -0.166. The minimum Gasteiger partial charge on any atom is -0.466 e. The molecule has 1 aliphatic heterocycles. The van der Waals surface area contributed by atoms with Crippen LogP contribution in [0.25, 0.3) is 0 Å². The van der Waals surface area contributed by atoms with Crippen molar-refractivity contribution in [2.24, 2.45) is 5.92 Å². The van der Waals surface area contributed by atoms with Crippen LogP contribution in [0.1, 0.15) is 47.0 Å². The van der Waals surface area contributed by atoms with Crippen molar-refractivity contribution < 1.29 is 38.4 Å². The van der Waals surface area contributed by atoms with Crippen molar-refractivity contribution in [3.8, 4) is 0 Å². The van der Waals surface area contributed by atoms with E-state index in [1.54, 1.807) is 26.0 Å². The summed E-state index contributed by atoms with van der Waals surface area (Å²) in [6, 6.07) is 0. The van der Waals surface area contributed by atoms with E-state index in [4.69, 9.17) is 18.9 Å². The van der Waals surface area contributed by atoms with Crippen molar-refractivity contribution in [3.63, 3.8) is 0 Å². The molecule has 1 N–H and O–H groups in total. The van der Waals surface area contributed by atoms with Gasteiger partial charge in [0.05, 0.1) is 24.7 Å². The third kappa shape index (κ3) is 5.81. The van der Waals surface area contributed by atoms with Crippen LogP contribution in [0.4, 0.5) is 0 Å². The summed E-state index contributed by atoms with van der Waals surface area (Å²) >= 11 is 0. The molecule has 2 aliphatic rings. The van der Waals surface area contributed by atoms with E-state index in [1.807, 2.05) is 13.8 Å². The number of fused-ring (bicyclic) bond motifs is 1. The Morgan fingerprint density at radius 2 is 2.03 bits per heavy atom. The molecule has 8 heteroatoms. The Balaban J connectivity index is 2.74. The van der Waals surface area contributed by atoms with Gasteiger partial charge in [0.1, 0.15) is 24.4 Å². The van der Waals surface area contributed by atoms with Gasteiger partial charge in [0, 0.05) is 11.1 Å². The summed E-state index contributed by atoms with van der Waals surface area (Å²) in [4.78, 5) is 38.2. The molecule has 1 saturated heterocycles. The normalized spacial score (nSPS) is 31.1.